The van der Waals surface area contributed by atoms with E-state index in [1.54, 1.807) is 16.8 Å². The van der Waals surface area contributed by atoms with Crippen molar-refractivity contribution in [1.29, 1.82) is 0 Å². The smallest absolute Gasteiger partial charge is 0.182 e. The second kappa shape index (κ2) is 5.76. The van der Waals surface area contributed by atoms with Crippen molar-refractivity contribution in [3.63, 3.8) is 0 Å². The van der Waals surface area contributed by atoms with Crippen molar-refractivity contribution in [3.8, 4) is 11.4 Å². The van der Waals surface area contributed by atoms with Crippen molar-refractivity contribution in [3.05, 3.63) is 23.2 Å². The summed E-state index contributed by atoms with van der Waals surface area (Å²) in [4.78, 5) is 0. The van der Waals surface area contributed by atoms with Gasteiger partial charge >= 0.3 is 0 Å². The fraction of sp³-hybridized carbons (Fsp3) is 0.462. The summed E-state index contributed by atoms with van der Waals surface area (Å²) in [6.45, 7) is 1.47. The van der Waals surface area contributed by atoms with Crippen LogP contribution >= 0.6 is 11.6 Å². The Labute approximate surface area is 121 Å². The summed E-state index contributed by atoms with van der Waals surface area (Å²) in [5, 5.41) is 12.4. The summed E-state index contributed by atoms with van der Waals surface area (Å²) in [5.74, 6) is 0.683. The Kier molecular flexibility index (Phi) is 3.84. The Morgan fingerprint density at radius 2 is 2.30 bits per heavy atom. The van der Waals surface area contributed by atoms with Crippen molar-refractivity contribution in [2.75, 3.05) is 12.3 Å². The lowest BCUT2D eigenvalue weighted by Crippen LogP contribution is -2.25. The van der Waals surface area contributed by atoms with Crippen molar-refractivity contribution >= 4 is 17.3 Å². The van der Waals surface area contributed by atoms with Gasteiger partial charge in [-0.25, -0.2) is 4.68 Å². The van der Waals surface area contributed by atoms with Crippen LogP contribution in [0.15, 0.2) is 18.2 Å². The van der Waals surface area contributed by atoms with Crippen LogP contribution in [0.5, 0.6) is 0 Å². The fourth-order valence-electron chi connectivity index (χ4n) is 2.36. The number of rotatable bonds is 3. The fourth-order valence-corrected chi connectivity index (χ4v) is 2.48. The molecule has 1 aliphatic rings. The molecule has 1 fully saturated rings. The van der Waals surface area contributed by atoms with Gasteiger partial charge in [-0.3, -0.25) is 0 Å². The highest BCUT2D eigenvalue weighted by Gasteiger charge is 2.18. The molecule has 2 aromatic rings. The van der Waals surface area contributed by atoms with Crippen LogP contribution in [0.3, 0.4) is 0 Å². The molecular formula is C13H16ClN5O. The van der Waals surface area contributed by atoms with Crippen LogP contribution in [0.1, 0.15) is 19.3 Å². The highest BCUT2D eigenvalue weighted by Crippen LogP contribution is 2.25. The molecule has 1 aromatic carbocycles. The van der Waals surface area contributed by atoms with E-state index >= 15 is 0 Å². The minimum atomic E-state index is 0.177. The number of nitrogens with two attached hydrogens (primary N) is 1. The van der Waals surface area contributed by atoms with Crippen LogP contribution in [0.4, 0.5) is 5.69 Å². The van der Waals surface area contributed by atoms with Gasteiger partial charge in [0.15, 0.2) is 5.82 Å². The second-order valence-electron chi connectivity index (χ2n) is 4.91. The zero-order valence-electron chi connectivity index (χ0n) is 11.0. The van der Waals surface area contributed by atoms with Gasteiger partial charge in [-0.05, 0) is 47.9 Å². The number of hydrogen-bond donors (Lipinski definition) is 1. The molecule has 1 saturated heterocycles. The molecule has 0 aliphatic carbocycles. The van der Waals surface area contributed by atoms with Gasteiger partial charge in [0, 0.05) is 12.2 Å². The molecule has 0 radical (unpaired) electrons. The molecule has 0 amide bonds. The quantitative estimate of drug-likeness (QED) is 0.877. The predicted molar refractivity (Wildman–Crippen MR) is 76.3 cm³/mol. The third-order valence-electron chi connectivity index (χ3n) is 3.44. The molecule has 0 saturated carbocycles. The number of benzene rings is 1. The van der Waals surface area contributed by atoms with Gasteiger partial charge < -0.3 is 10.5 Å². The van der Waals surface area contributed by atoms with Gasteiger partial charge in [0.25, 0.3) is 0 Å². The number of nitrogen functional groups attached to an aromatic ring is 1. The highest BCUT2D eigenvalue weighted by molar-refractivity contribution is 6.33. The summed E-state index contributed by atoms with van der Waals surface area (Å²) in [5.41, 5.74) is 7.20. The van der Waals surface area contributed by atoms with Crippen LogP contribution < -0.4 is 5.73 Å². The molecule has 2 heterocycles. The SMILES string of the molecule is Nc1cc(-c2nnnn2CC2CCCCO2)ccc1Cl. The van der Waals surface area contributed by atoms with Crippen molar-refractivity contribution in [2.24, 2.45) is 0 Å². The Bertz CT molecular complexity index is 594. The lowest BCUT2D eigenvalue weighted by Gasteiger charge is -2.22. The first kappa shape index (κ1) is 13.3. The van der Waals surface area contributed by atoms with E-state index in [9.17, 15) is 0 Å². The molecule has 20 heavy (non-hydrogen) atoms. The number of aromatic nitrogens is 4. The Hall–Kier alpha value is -1.66. The van der Waals surface area contributed by atoms with Gasteiger partial charge in [0.05, 0.1) is 23.4 Å². The van der Waals surface area contributed by atoms with E-state index in [-0.39, 0.29) is 6.10 Å². The number of hydrogen-bond acceptors (Lipinski definition) is 5. The molecule has 1 aromatic heterocycles. The van der Waals surface area contributed by atoms with Crippen LogP contribution in [0, 0.1) is 0 Å². The largest absolute Gasteiger partial charge is 0.398 e. The van der Waals surface area contributed by atoms with E-state index < -0.39 is 0 Å². The van der Waals surface area contributed by atoms with Crippen molar-refractivity contribution < 1.29 is 4.74 Å². The Morgan fingerprint density at radius 1 is 1.40 bits per heavy atom. The van der Waals surface area contributed by atoms with Crippen LogP contribution in [0.2, 0.25) is 5.02 Å². The normalized spacial score (nSPS) is 19.1. The maximum absolute atomic E-state index is 5.93. The average molecular weight is 294 g/mol. The summed E-state index contributed by atoms with van der Waals surface area (Å²) >= 11 is 5.93. The maximum atomic E-state index is 5.93. The summed E-state index contributed by atoms with van der Waals surface area (Å²) in [7, 11) is 0. The molecule has 106 valence electrons. The summed E-state index contributed by atoms with van der Waals surface area (Å²) < 4.78 is 7.49. The molecule has 0 spiro atoms. The van der Waals surface area contributed by atoms with E-state index in [0.29, 0.717) is 23.1 Å². The third kappa shape index (κ3) is 2.76. The zero-order valence-corrected chi connectivity index (χ0v) is 11.8. The summed E-state index contributed by atoms with van der Waals surface area (Å²) in [6.07, 6.45) is 3.54. The molecule has 7 heteroatoms. The first-order chi connectivity index (χ1) is 9.74. The molecule has 1 aliphatic heterocycles. The summed E-state index contributed by atoms with van der Waals surface area (Å²) in [6, 6.07) is 5.40. The third-order valence-corrected chi connectivity index (χ3v) is 3.78. The van der Waals surface area contributed by atoms with Crippen LogP contribution in [0.25, 0.3) is 11.4 Å². The molecule has 3 rings (SSSR count). The van der Waals surface area contributed by atoms with Gasteiger partial charge in [0.1, 0.15) is 0 Å². The number of nitrogens with zero attached hydrogens (tertiary/aromatic N) is 4. The number of anilines is 1. The lowest BCUT2D eigenvalue weighted by atomic mass is 10.1. The second-order valence-corrected chi connectivity index (χ2v) is 5.32. The highest BCUT2D eigenvalue weighted by atomic mass is 35.5. The van der Waals surface area contributed by atoms with Gasteiger partial charge in [-0.1, -0.05) is 11.6 Å². The number of halogens is 1. The molecule has 6 nitrogen and oxygen atoms in total. The molecule has 1 unspecified atom stereocenters. The molecule has 2 N–H and O–H groups in total. The predicted octanol–water partition coefficient (Wildman–Crippen LogP) is 2.14. The van der Waals surface area contributed by atoms with E-state index in [4.69, 9.17) is 22.1 Å². The van der Waals surface area contributed by atoms with Crippen molar-refractivity contribution in [1.82, 2.24) is 20.2 Å². The topological polar surface area (TPSA) is 78.9 Å². The van der Waals surface area contributed by atoms with Crippen LogP contribution in [-0.4, -0.2) is 32.9 Å². The maximum Gasteiger partial charge on any atom is 0.182 e. The monoisotopic (exact) mass is 293 g/mol. The first-order valence-corrected chi connectivity index (χ1v) is 7.05. The lowest BCUT2D eigenvalue weighted by molar-refractivity contribution is 0.00397. The number of ether oxygens (including phenoxy) is 1. The van der Waals surface area contributed by atoms with E-state index in [1.807, 2.05) is 6.07 Å². The number of tetrazole rings is 1. The van der Waals surface area contributed by atoms with E-state index in [2.05, 4.69) is 15.5 Å². The standard InChI is InChI=1S/C13H16ClN5O/c14-11-5-4-9(7-12(11)15)13-16-17-18-19(13)8-10-3-1-2-6-20-10/h4-5,7,10H,1-3,6,8,15H2. The molecule has 0 bridgehead atoms. The van der Waals surface area contributed by atoms with Crippen LogP contribution in [-0.2, 0) is 11.3 Å². The van der Waals surface area contributed by atoms with E-state index in [1.165, 1.54) is 6.42 Å². The van der Waals surface area contributed by atoms with Gasteiger partial charge in [0.2, 0.25) is 0 Å². The van der Waals surface area contributed by atoms with Crippen molar-refractivity contribution in [2.45, 2.75) is 31.9 Å². The van der Waals surface area contributed by atoms with Gasteiger partial charge in [-0.15, -0.1) is 5.10 Å². The van der Waals surface area contributed by atoms with E-state index in [0.717, 1.165) is 25.0 Å². The minimum absolute atomic E-state index is 0.177. The van der Waals surface area contributed by atoms with Gasteiger partial charge in [-0.2, -0.15) is 0 Å². The zero-order chi connectivity index (χ0) is 13.9. The molecule has 1 atom stereocenters. The average Bonchev–Trinajstić information content (AvgIpc) is 2.91. The Morgan fingerprint density at radius 3 is 3.05 bits per heavy atom. The molecular weight excluding hydrogens is 278 g/mol. The minimum Gasteiger partial charge on any atom is -0.398 e. The Balaban J connectivity index is 1.83. The first-order valence-electron chi connectivity index (χ1n) is 6.67.